The molecule has 26 heavy (non-hydrogen) atoms. The Balaban J connectivity index is 1.38. The molecular weight excluding hydrogens is 375 g/mol. The quantitative estimate of drug-likeness (QED) is 0.798. The van der Waals surface area contributed by atoms with Gasteiger partial charge >= 0.3 is 0 Å². The summed E-state index contributed by atoms with van der Waals surface area (Å²) in [7, 11) is 0. The molecule has 3 heterocycles. The van der Waals surface area contributed by atoms with Crippen molar-refractivity contribution in [2.75, 3.05) is 26.2 Å². The highest BCUT2D eigenvalue weighted by molar-refractivity contribution is 6.42. The molecule has 2 saturated heterocycles. The van der Waals surface area contributed by atoms with Gasteiger partial charge in [-0.3, -0.25) is 9.69 Å². The van der Waals surface area contributed by atoms with Gasteiger partial charge in [0.25, 0.3) is 5.91 Å². The molecule has 2 fully saturated rings. The van der Waals surface area contributed by atoms with Crippen molar-refractivity contribution in [3.63, 3.8) is 0 Å². The van der Waals surface area contributed by atoms with E-state index in [1.54, 1.807) is 35.1 Å². The second-order valence-corrected chi connectivity index (χ2v) is 7.43. The van der Waals surface area contributed by atoms with E-state index in [4.69, 9.17) is 27.9 Å². The van der Waals surface area contributed by atoms with Gasteiger partial charge in [0.2, 0.25) is 0 Å². The van der Waals surface area contributed by atoms with E-state index in [1.165, 1.54) is 12.8 Å². The first kappa shape index (κ1) is 17.6. The number of hydrogen-bond acceptors (Lipinski definition) is 4. The van der Waals surface area contributed by atoms with Crippen LogP contribution < -0.4 is 4.74 Å². The summed E-state index contributed by atoms with van der Waals surface area (Å²) in [5, 5.41) is 5.15. The smallest absolute Gasteiger partial charge is 0.274 e. The van der Waals surface area contributed by atoms with Crippen LogP contribution in [0.25, 0.3) is 0 Å². The highest BCUT2D eigenvalue weighted by Crippen LogP contribution is 2.31. The van der Waals surface area contributed by atoms with Gasteiger partial charge in [-0.05, 0) is 37.6 Å². The molecule has 8 heteroatoms. The van der Waals surface area contributed by atoms with Gasteiger partial charge in [-0.1, -0.05) is 29.3 Å². The number of carbonyl (C=O) groups is 1. The molecule has 1 amide bonds. The van der Waals surface area contributed by atoms with Crippen LogP contribution in [0.4, 0.5) is 0 Å². The van der Waals surface area contributed by atoms with Crippen LogP contribution in [0.3, 0.4) is 0 Å². The van der Waals surface area contributed by atoms with Gasteiger partial charge in [0, 0.05) is 31.9 Å². The van der Waals surface area contributed by atoms with Crippen molar-refractivity contribution in [2.45, 2.75) is 25.6 Å². The number of halogens is 2. The molecule has 2 aliphatic rings. The van der Waals surface area contributed by atoms with Crippen LogP contribution in [0.1, 0.15) is 23.3 Å². The Morgan fingerprint density at radius 1 is 1.23 bits per heavy atom. The minimum absolute atomic E-state index is 0.0175. The number of benzene rings is 1. The number of rotatable bonds is 4. The molecule has 1 atom stereocenters. The third-order valence-corrected chi connectivity index (χ3v) is 5.80. The number of fused-ring (bicyclic) bond motifs is 1. The number of piperazine rings is 1. The molecule has 2 aliphatic heterocycles. The highest BCUT2D eigenvalue weighted by atomic mass is 35.5. The lowest BCUT2D eigenvalue weighted by molar-refractivity contribution is 0.0564. The first-order valence-electron chi connectivity index (χ1n) is 8.75. The second-order valence-electron chi connectivity index (χ2n) is 6.65. The molecule has 138 valence electrons. The van der Waals surface area contributed by atoms with Crippen LogP contribution in [-0.4, -0.2) is 57.7 Å². The predicted molar refractivity (Wildman–Crippen MR) is 99.8 cm³/mol. The number of nitrogens with zero attached hydrogens (tertiary/aromatic N) is 4. The number of amides is 1. The summed E-state index contributed by atoms with van der Waals surface area (Å²) >= 11 is 12.1. The van der Waals surface area contributed by atoms with Crippen LogP contribution in [0.5, 0.6) is 5.75 Å². The summed E-state index contributed by atoms with van der Waals surface area (Å²) in [5.41, 5.74) is 0.442. The molecule has 0 radical (unpaired) electrons. The minimum Gasteiger partial charge on any atom is -0.470 e. The molecule has 1 unspecified atom stereocenters. The number of hydrogen-bond donors (Lipinski definition) is 0. The van der Waals surface area contributed by atoms with Crippen LogP contribution in [0, 0.1) is 0 Å². The van der Waals surface area contributed by atoms with E-state index in [2.05, 4.69) is 10.00 Å². The zero-order chi connectivity index (χ0) is 18.1. The fourth-order valence-electron chi connectivity index (χ4n) is 3.62. The molecule has 1 aromatic carbocycles. The first-order chi connectivity index (χ1) is 12.6. The maximum Gasteiger partial charge on any atom is 0.274 e. The van der Waals surface area contributed by atoms with E-state index in [0.717, 1.165) is 26.2 Å². The Labute approximate surface area is 162 Å². The zero-order valence-corrected chi connectivity index (χ0v) is 15.8. The molecule has 0 bridgehead atoms. The third-order valence-electron chi connectivity index (χ3n) is 5.00. The molecule has 0 spiro atoms. The van der Waals surface area contributed by atoms with Crippen molar-refractivity contribution < 1.29 is 9.53 Å². The summed E-state index contributed by atoms with van der Waals surface area (Å²) in [5.74, 6) is 0.469. The topological polar surface area (TPSA) is 50.6 Å². The van der Waals surface area contributed by atoms with Crippen LogP contribution in [-0.2, 0) is 6.73 Å². The third kappa shape index (κ3) is 3.54. The fourth-order valence-corrected chi connectivity index (χ4v) is 3.96. The van der Waals surface area contributed by atoms with Gasteiger partial charge in [-0.25, -0.2) is 4.68 Å². The zero-order valence-electron chi connectivity index (χ0n) is 14.3. The largest absolute Gasteiger partial charge is 0.470 e. The van der Waals surface area contributed by atoms with Crippen LogP contribution in [0.15, 0.2) is 30.5 Å². The average molecular weight is 395 g/mol. The monoisotopic (exact) mass is 394 g/mol. The van der Waals surface area contributed by atoms with E-state index < -0.39 is 0 Å². The Hall–Kier alpha value is -1.76. The van der Waals surface area contributed by atoms with Crippen molar-refractivity contribution in [1.29, 1.82) is 0 Å². The van der Waals surface area contributed by atoms with Gasteiger partial charge in [-0.15, -0.1) is 0 Å². The lowest BCUT2D eigenvalue weighted by Gasteiger charge is -2.37. The first-order valence-corrected chi connectivity index (χ1v) is 9.51. The predicted octanol–water partition coefficient (Wildman–Crippen LogP) is 3.15. The Kier molecular flexibility index (Phi) is 5.07. The van der Waals surface area contributed by atoms with Crippen molar-refractivity contribution >= 4 is 29.1 Å². The SMILES string of the molecule is O=C(c1ccn(COc2cccc(Cl)c2Cl)n1)N1CCN2CCCC2C1. The molecule has 2 aromatic rings. The van der Waals surface area contributed by atoms with E-state index in [-0.39, 0.29) is 12.6 Å². The van der Waals surface area contributed by atoms with Gasteiger partial charge in [0.1, 0.15) is 10.8 Å². The standard InChI is InChI=1S/C18H20Cl2N4O2/c19-14-4-1-5-16(17(14)20)26-12-24-8-6-15(21-24)18(25)23-10-9-22-7-2-3-13(22)11-23/h1,4-6,8,13H,2-3,7,9-12H2. The molecule has 0 N–H and O–H groups in total. The molecule has 0 aliphatic carbocycles. The number of carbonyl (C=O) groups excluding carboxylic acids is 1. The van der Waals surface area contributed by atoms with E-state index in [9.17, 15) is 4.79 Å². The second kappa shape index (κ2) is 7.47. The minimum atomic E-state index is -0.0175. The molecular formula is C18H20Cl2N4O2. The van der Waals surface area contributed by atoms with Crippen molar-refractivity contribution in [2.24, 2.45) is 0 Å². The molecule has 6 nitrogen and oxygen atoms in total. The normalized spacial score (nSPS) is 20.2. The Morgan fingerprint density at radius 2 is 2.12 bits per heavy atom. The number of ether oxygens (including phenoxy) is 1. The van der Waals surface area contributed by atoms with Gasteiger partial charge in [-0.2, -0.15) is 5.10 Å². The van der Waals surface area contributed by atoms with Crippen LogP contribution in [0.2, 0.25) is 10.0 Å². The molecule has 4 rings (SSSR count). The van der Waals surface area contributed by atoms with Crippen molar-refractivity contribution in [3.8, 4) is 5.75 Å². The van der Waals surface area contributed by atoms with Crippen molar-refractivity contribution in [3.05, 3.63) is 46.2 Å². The average Bonchev–Trinajstić information content (AvgIpc) is 3.30. The van der Waals surface area contributed by atoms with Gasteiger partial charge in [0.05, 0.1) is 5.02 Å². The lowest BCUT2D eigenvalue weighted by Crippen LogP contribution is -2.52. The van der Waals surface area contributed by atoms with E-state index in [1.807, 2.05) is 4.90 Å². The lowest BCUT2D eigenvalue weighted by atomic mass is 10.1. The van der Waals surface area contributed by atoms with E-state index in [0.29, 0.717) is 27.5 Å². The Morgan fingerprint density at radius 3 is 3.00 bits per heavy atom. The maximum absolute atomic E-state index is 12.7. The summed E-state index contributed by atoms with van der Waals surface area (Å²) in [6, 6.07) is 7.44. The fraction of sp³-hybridized carbons (Fsp3) is 0.444. The maximum atomic E-state index is 12.7. The van der Waals surface area contributed by atoms with Crippen molar-refractivity contribution in [1.82, 2.24) is 19.6 Å². The summed E-state index contributed by atoms with van der Waals surface area (Å²) < 4.78 is 7.23. The molecule has 1 aromatic heterocycles. The molecule has 0 saturated carbocycles. The van der Waals surface area contributed by atoms with E-state index >= 15 is 0 Å². The van der Waals surface area contributed by atoms with Crippen LogP contribution >= 0.6 is 23.2 Å². The Bertz CT molecular complexity index is 810. The highest BCUT2D eigenvalue weighted by Gasteiger charge is 2.33. The van der Waals surface area contributed by atoms with Gasteiger partial charge in [0.15, 0.2) is 12.4 Å². The van der Waals surface area contributed by atoms with Gasteiger partial charge < -0.3 is 9.64 Å². The summed E-state index contributed by atoms with van der Waals surface area (Å²) in [6.45, 7) is 3.82. The number of aromatic nitrogens is 2. The summed E-state index contributed by atoms with van der Waals surface area (Å²) in [6.07, 6.45) is 4.13. The summed E-state index contributed by atoms with van der Waals surface area (Å²) in [4.78, 5) is 17.1.